The van der Waals surface area contributed by atoms with Crippen molar-refractivity contribution in [1.82, 2.24) is 9.80 Å². The molecule has 2 amide bonds. The normalized spacial score (nSPS) is 20.3. The van der Waals surface area contributed by atoms with Crippen molar-refractivity contribution in [3.05, 3.63) is 35.9 Å². The molecular formula is C14H19N3O2. The molecule has 0 radical (unpaired) electrons. The van der Waals surface area contributed by atoms with Crippen LogP contribution in [0, 0.1) is 0 Å². The van der Waals surface area contributed by atoms with E-state index in [1.54, 1.807) is 6.92 Å². The molecule has 1 saturated heterocycles. The average Bonchev–Trinajstić information content (AvgIpc) is 2.39. The number of carbonyl (C=O) groups is 2. The summed E-state index contributed by atoms with van der Waals surface area (Å²) in [6.45, 7) is 3.72. The van der Waals surface area contributed by atoms with Crippen LogP contribution in [0.1, 0.15) is 18.5 Å². The fourth-order valence-electron chi connectivity index (χ4n) is 2.49. The van der Waals surface area contributed by atoms with Crippen LogP contribution in [0.15, 0.2) is 30.3 Å². The maximum Gasteiger partial charge on any atom is 0.231 e. The number of nitrogens with two attached hydrogens (primary N) is 1. The molecule has 0 aromatic heterocycles. The molecule has 1 aromatic carbocycles. The molecule has 1 aliphatic rings. The molecule has 1 fully saturated rings. The fourth-order valence-corrected chi connectivity index (χ4v) is 2.49. The Morgan fingerprint density at radius 2 is 1.95 bits per heavy atom. The van der Waals surface area contributed by atoms with Crippen molar-refractivity contribution >= 4 is 11.8 Å². The van der Waals surface area contributed by atoms with E-state index in [2.05, 4.69) is 0 Å². The third kappa shape index (κ3) is 3.32. The Morgan fingerprint density at radius 1 is 1.26 bits per heavy atom. The molecule has 0 saturated carbocycles. The van der Waals surface area contributed by atoms with Gasteiger partial charge in [-0.1, -0.05) is 30.3 Å². The lowest BCUT2D eigenvalue weighted by Gasteiger charge is -2.40. The van der Waals surface area contributed by atoms with E-state index < -0.39 is 0 Å². The highest BCUT2D eigenvalue weighted by Crippen LogP contribution is 2.24. The molecule has 102 valence electrons. The van der Waals surface area contributed by atoms with Crippen LogP contribution in [-0.4, -0.2) is 47.8 Å². The Kier molecular flexibility index (Phi) is 4.16. The molecule has 1 aliphatic heterocycles. The van der Waals surface area contributed by atoms with Gasteiger partial charge in [-0.05, 0) is 5.56 Å². The minimum atomic E-state index is -0.336. The van der Waals surface area contributed by atoms with E-state index in [1.165, 1.54) is 0 Å². The quantitative estimate of drug-likeness (QED) is 0.855. The highest BCUT2D eigenvalue weighted by Gasteiger charge is 2.29. The molecule has 0 aliphatic carbocycles. The van der Waals surface area contributed by atoms with Crippen molar-refractivity contribution in [3.63, 3.8) is 0 Å². The van der Waals surface area contributed by atoms with Crippen molar-refractivity contribution in [2.75, 3.05) is 26.2 Å². The highest BCUT2D eigenvalue weighted by atomic mass is 16.2. The van der Waals surface area contributed by atoms with Crippen LogP contribution in [0.5, 0.6) is 0 Å². The van der Waals surface area contributed by atoms with Gasteiger partial charge in [0.1, 0.15) is 0 Å². The Balaban J connectivity index is 2.20. The van der Waals surface area contributed by atoms with Crippen molar-refractivity contribution in [2.24, 2.45) is 5.73 Å². The van der Waals surface area contributed by atoms with Gasteiger partial charge in [-0.25, -0.2) is 0 Å². The zero-order chi connectivity index (χ0) is 13.8. The molecule has 5 nitrogen and oxygen atoms in total. The molecule has 19 heavy (non-hydrogen) atoms. The van der Waals surface area contributed by atoms with Crippen LogP contribution < -0.4 is 5.73 Å². The lowest BCUT2D eigenvalue weighted by atomic mass is 10.0. The maximum absolute atomic E-state index is 11.5. The Hall–Kier alpha value is -1.88. The van der Waals surface area contributed by atoms with E-state index in [1.807, 2.05) is 40.1 Å². The van der Waals surface area contributed by atoms with Gasteiger partial charge in [0.05, 0.1) is 12.6 Å². The van der Waals surface area contributed by atoms with Gasteiger partial charge in [-0.3, -0.25) is 14.5 Å². The van der Waals surface area contributed by atoms with E-state index in [9.17, 15) is 9.59 Å². The average molecular weight is 261 g/mol. The number of primary amides is 1. The number of benzene rings is 1. The lowest BCUT2D eigenvalue weighted by molar-refractivity contribution is -0.132. The monoisotopic (exact) mass is 261 g/mol. The number of nitrogens with zero attached hydrogens (tertiary/aromatic N) is 2. The van der Waals surface area contributed by atoms with Crippen LogP contribution in [-0.2, 0) is 9.59 Å². The van der Waals surface area contributed by atoms with Gasteiger partial charge in [-0.15, -0.1) is 0 Å². The fraction of sp³-hybridized carbons (Fsp3) is 0.429. The second kappa shape index (κ2) is 5.84. The minimum absolute atomic E-state index is 0.0337. The van der Waals surface area contributed by atoms with E-state index in [4.69, 9.17) is 5.73 Å². The Labute approximate surface area is 113 Å². The number of hydrogen-bond acceptors (Lipinski definition) is 3. The molecule has 1 aromatic rings. The van der Waals surface area contributed by atoms with Gasteiger partial charge < -0.3 is 10.6 Å². The summed E-state index contributed by atoms with van der Waals surface area (Å²) in [5, 5.41) is 0. The molecule has 5 heteroatoms. The van der Waals surface area contributed by atoms with Crippen LogP contribution >= 0.6 is 0 Å². The lowest BCUT2D eigenvalue weighted by Crippen LogP contribution is -2.51. The topological polar surface area (TPSA) is 66.6 Å². The first-order valence-electron chi connectivity index (χ1n) is 6.40. The van der Waals surface area contributed by atoms with E-state index in [0.29, 0.717) is 19.6 Å². The van der Waals surface area contributed by atoms with E-state index in [0.717, 1.165) is 5.56 Å². The molecule has 1 unspecified atom stereocenters. The minimum Gasteiger partial charge on any atom is -0.369 e. The summed E-state index contributed by atoms with van der Waals surface area (Å²) in [6, 6.07) is 9.94. The van der Waals surface area contributed by atoms with Crippen LogP contribution in [0.2, 0.25) is 0 Å². The summed E-state index contributed by atoms with van der Waals surface area (Å²) in [6.07, 6.45) is 0. The van der Waals surface area contributed by atoms with Crippen molar-refractivity contribution in [2.45, 2.75) is 13.0 Å². The van der Waals surface area contributed by atoms with Crippen molar-refractivity contribution in [3.8, 4) is 0 Å². The smallest absolute Gasteiger partial charge is 0.231 e. The van der Waals surface area contributed by atoms with Crippen LogP contribution in [0.4, 0.5) is 0 Å². The second-order valence-corrected chi connectivity index (χ2v) is 4.83. The van der Waals surface area contributed by atoms with E-state index >= 15 is 0 Å². The maximum atomic E-state index is 11.5. The van der Waals surface area contributed by atoms with Crippen molar-refractivity contribution < 1.29 is 9.59 Å². The molecule has 1 atom stereocenters. The van der Waals surface area contributed by atoms with Gasteiger partial charge in [0.15, 0.2) is 0 Å². The summed E-state index contributed by atoms with van der Waals surface area (Å²) in [4.78, 5) is 26.5. The number of amides is 2. The summed E-state index contributed by atoms with van der Waals surface area (Å²) in [5.41, 5.74) is 6.40. The second-order valence-electron chi connectivity index (χ2n) is 4.83. The predicted molar refractivity (Wildman–Crippen MR) is 72.2 cm³/mol. The molecule has 0 spiro atoms. The number of piperazine rings is 1. The first kappa shape index (κ1) is 13.5. The van der Waals surface area contributed by atoms with Gasteiger partial charge in [0.2, 0.25) is 11.8 Å². The third-order valence-corrected chi connectivity index (χ3v) is 3.48. The Morgan fingerprint density at radius 3 is 2.53 bits per heavy atom. The SMILES string of the molecule is CC(=O)N1CCN(CC(N)=O)C(c2ccccc2)C1. The van der Waals surface area contributed by atoms with Crippen LogP contribution in [0.25, 0.3) is 0 Å². The molecule has 0 bridgehead atoms. The summed E-state index contributed by atoms with van der Waals surface area (Å²) in [7, 11) is 0. The largest absolute Gasteiger partial charge is 0.369 e. The summed E-state index contributed by atoms with van der Waals surface area (Å²) in [5.74, 6) is -0.267. The zero-order valence-electron chi connectivity index (χ0n) is 11.1. The van der Waals surface area contributed by atoms with E-state index in [-0.39, 0.29) is 24.4 Å². The zero-order valence-corrected chi connectivity index (χ0v) is 11.1. The first-order chi connectivity index (χ1) is 9.08. The molecule has 1 heterocycles. The number of hydrogen-bond donors (Lipinski definition) is 1. The molecule has 2 N–H and O–H groups in total. The summed E-state index contributed by atoms with van der Waals surface area (Å²) >= 11 is 0. The number of rotatable bonds is 3. The van der Waals surface area contributed by atoms with Gasteiger partial charge in [0, 0.05) is 26.6 Å². The van der Waals surface area contributed by atoms with Gasteiger partial charge in [0.25, 0.3) is 0 Å². The molecule has 2 rings (SSSR count). The van der Waals surface area contributed by atoms with Crippen LogP contribution in [0.3, 0.4) is 0 Å². The highest BCUT2D eigenvalue weighted by molar-refractivity contribution is 5.76. The third-order valence-electron chi connectivity index (χ3n) is 3.48. The van der Waals surface area contributed by atoms with Gasteiger partial charge >= 0.3 is 0 Å². The number of carbonyl (C=O) groups excluding carboxylic acids is 2. The van der Waals surface area contributed by atoms with Gasteiger partial charge in [-0.2, -0.15) is 0 Å². The Bertz CT molecular complexity index is 461. The predicted octanol–water partition coefficient (Wildman–Crippen LogP) is 0.377. The molecular weight excluding hydrogens is 242 g/mol. The van der Waals surface area contributed by atoms with Crippen molar-refractivity contribution in [1.29, 1.82) is 0 Å². The standard InChI is InChI=1S/C14H19N3O2/c1-11(18)16-7-8-17(10-14(15)19)13(9-16)12-5-3-2-4-6-12/h2-6,13H,7-10H2,1H3,(H2,15,19). The summed E-state index contributed by atoms with van der Waals surface area (Å²) < 4.78 is 0. The first-order valence-corrected chi connectivity index (χ1v) is 6.40.